The minimum atomic E-state index is -0.284. The molecule has 4 rings (SSSR count). The van der Waals surface area contributed by atoms with Crippen LogP contribution >= 0.6 is 12.2 Å². The van der Waals surface area contributed by atoms with Crippen LogP contribution in [0.25, 0.3) is 22.5 Å². The monoisotopic (exact) mass is 352 g/mol. The smallest absolute Gasteiger partial charge is 0.289 e. The number of rotatable bonds is 4. The Kier molecular flexibility index (Phi) is 3.99. The first-order chi connectivity index (χ1) is 12.2. The van der Waals surface area contributed by atoms with Crippen molar-refractivity contribution >= 4 is 28.8 Å². The number of aromatic nitrogens is 3. The third-order valence-electron chi connectivity index (χ3n) is 3.70. The van der Waals surface area contributed by atoms with Gasteiger partial charge >= 0.3 is 0 Å². The average molecular weight is 352 g/mol. The molecule has 2 heterocycles. The summed E-state index contributed by atoms with van der Waals surface area (Å²) in [6, 6.07) is 17.7. The summed E-state index contributed by atoms with van der Waals surface area (Å²) in [5.41, 5.74) is 2.24. The lowest BCUT2D eigenvalue weighted by atomic mass is 10.2. The van der Waals surface area contributed by atoms with Crippen LogP contribution in [0.4, 0.5) is 10.1 Å². The van der Waals surface area contributed by atoms with Crippen molar-refractivity contribution in [3.05, 3.63) is 71.3 Å². The van der Waals surface area contributed by atoms with Crippen LogP contribution in [-0.2, 0) is 6.67 Å². The van der Waals surface area contributed by atoms with E-state index in [9.17, 15) is 4.39 Å². The number of hydrogen-bond acceptors (Lipinski definition) is 5. The first-order valence-electron chi connectivity index (χ1n) is 7.62. The third kappa shape index (κ3) is 3.27. The van der Waals surface area contributed by atoms with Gasteiger partial charge in [-0.25, -0.2) is 14.1 Å². The van der Waals surface area contributed by atoms with Crippen molar-refractivity contribution in [2.45, 2.75) is 6.67 Å². The molecule has 0 unspecified atom stereocenters. The number of fused-ring (bicyclic) bond motifs is 1. The van der Waals surface area contributed by atoms with Gasteiger partial charge in [0.05, 0.1) is 5.52 Å². The van der Waals surface area contributed by atoms with Gasteiger partial charge in [0.2, 0.25) is 0 Å². The van der Waals surface area contributed by atoms with Gasteiger partial charge in [-0.3, -0.25) is 0 Å². The Bertz CT molecular complexity index is 1090. The Hall–Kier alpha value is -3.06. The first kappa shape index (κ1) is 15.5. The Morgan fingerprint density at radius 3 is 2.68 bits per heavy atom. The minimum absolute atomic E-state index is 0.236. The zero-order chi connectivity index (χ0) is 17.2. The van der Waals surface area contributed by atoms with E-state index in [4.69, 9.17) is 16.6 Å². The molecule has 0 saturated heterocycles. The second-order valence-electron chi connectivity index (χ2n) is 5.40. The standard InChI is InChI=1S/C18H13FN4OS/c19-13-6-8-14(9-7-13)20-11-23-18(25)24-17(22-23)16-10-5-12-3-1-2-4-15(12)21-16/h1-10,20H,11H2. The fraction of sp³-hybridized carbons (Fsp3) is 0.0556. The zero-order valence-corrected chi connectivity index (χ0v) is 13.8. The van der Waals surface area contributed by atoms with Crippen LogP contribution in [0.15, 0.2) is 65.1 Å². The molecule has 1 N–H and O–H groups in total. The molecule has 0 aliphatic rings. The summed E-state index contributed by atoms with van der Waals surface area (Å²) in [6.07, 6.45) is 0. The van der Waals surface area contributed by atoms with Crippen LogP contribution in [0.3, 0.4) is 0 Å². The molecule has 5 nitrogen and oxygen atoms in total. The molecular formula is C18H13FN4OS. The Morgan fingerprint density at radius 2 is 1.84 bits per heavy atom. The van der Waals surface area contributed by atoms with Crippen LogP contribution < -0.4 is 5.32 Å². The summed E-state index contributed by atoms with van der Waals surface area (Å²) in [4.78, 5) is 4.79. The number of para-hydroxylation sites is 1. The Morgan fingerprint density at radius 1 is 1.04 bits per heavy atom. The summed E-state index contributed by atoms with van der Waals surface area (Å²) >= 11 is 5.21. The molecule has 0 aliphatic heterocycles. The molecule has 0 saturated carbocycles. The number of hydrogen-bond donors (Lipinski definition) is 1. The number of nitrogens with zero attached hydrogens (tertiary/aromatic N) is 3. The quantitative estimate of drug-likeness (QED) is 0.543. The van der Waals surface area contributed by atoms with Crippen molar-refractivity contribution in [3.8, 4) is 11.6 Å². The average Bonchev–Trinajstić information content (AvgIpc) is 3.02. The van der Waals surface area contributed by atoms with E-state index in [-0.39, 0.29) is 10.7 Å². The second kappa shape index (κ2) is 6.45. The molecule has 124 valence electrons. The van der Waals surface area contributed by atoms with E-state index in [1.807, 2.05) is 36.4 Å². The third-order valence-corrected chi connectivity index (χ3v) is 4.00. The lowest BCUT2D eigenvalue weighted by molar-refractivity contribution is 0.521. The summed E-state index contributed by atoms with van der Waals surface area (Å²) < 4.78 is 20.0. The van der Waals surface area contributed by atoms with Gasteiger partial charge in [0.25, 0.3) is 10.7 Å². The van der Waals surface area contributed by atoms with Crippen LogP contribution in [0.1, 0.15) is 0 Å². The van der Waals surface area contributed by atoms with E-state index in [1.165, 1.54) is 16.8 Å². The SMILES string of the molecule is Fc1ccc(NCn2nc(-c3ccc4ccccc4n3)oc2=S)cc1. The van der Waals surface area contributed by atoms with E-state index in [1.54, 1.807) is 12.1 Å². The zero-order valence-electron chi connectivity index (χ0n) is 13.0. The predicted molar refractivity (Wildman–Crippen MR) is 96.1 cm³/mol. The van der Waals surface area contributed by atoms with E-state index in [2.05, 4.69) is 15.4 Å². The summed E-state index contributed by atoms with van der Waals surface area (Å²) in [5.74, 6) is 0.0740. The predicted octanol–water partition coefficient (Wildman–Crippen LogP) is 4.63. The fourth-order valence-corrected chi connectivity index (χ4v) is 2.61. The van der Waals surface area contributed by atoms with Crippen molar-refractivity contribution in [1.82, 2.24) is 14.8 Å². The minimum Gasteiger partial charge on any atom is -0.408 e. The highest BCUT2D eigenvalue weighted by atomic mass is 32.1. The first-order valence-corrected chi connectivity index (χ1v) is 8.03. The fourth-order valence-electron chi connectivity index (χ4n) is 2.43. The molecule has 4 aromatic rings. The normalized spacial score (nSPS) is 10.9. The summed E-state index contributed by atoms with van der Waals surface area (Å²) in [6.45, 7) is 0.307. The van der Waals surface area contributed by atoms with E-state index >= 15 is 0 Å². The number of anilines is 1. The van der Waals surface area contributed by atoms with Gasteiger partial charge in [0, 0.05) is 11.1 Å². The molecule has 0 fully saturated rings. The maximum absolute atomic E-state index is 12.9. The highest BCUT2D eigenvalue weighted by Gasteiger charge is 2.10. The molecule has 0 bridgehead atoms. The Balaban J connectivity index is 1.58. The van der Waals surface area contributed by atoms with Crippen LogP contribution in [0.2, 0.25) is 0 Å². The van der Waals surface area contributed by atoms with Gasteiger partial charge in [0.15, 0.2) is 0 Å². The number of nitrogens with one attached hydrogen (secondary N) is 1. The molecule has 25 heavy (non-hydrogen) atoms. The molecular weight excluding hydrogens is 339 g/mol. The van der Waals surface area contributed by atoms with Gasteiger partial charge in [-0.15, -0.1) is 5.10 Å². The Labute approximate surface area is 147 Å². The number of halogens is 1. The highest BCUT2D eigenvalue weighted by molar-refractivity contribution is 7.71. The maximum atomic E-state index is 12.9. The lowest BCUT2D eigenvalue weighted by Gasteiger charge is -2.05. The summed E-state index contributed by atoms with van der Waals surface area (Å²) in [7, 11) is 0. The van der Waals surface area contributed by atoms with E-state index in [0.717, 1.165) is 16.6 Å². The molecule has 0 spiro atoms. The van der Waals surface area contributed by atoms with Crippen LogP contribution in [0.5, 0.6) is 0 Å². The topological polar surface area (TPSA) is 55.9 Å². The second-order valence-corrected chi connectivity index (χ2v) is 5.75. The van der Waals surface area contributed by atoms with Gasteiger partial charge in [-0.05, 0) is 48.6 Å². The summed E-state index contributed by atoms with van der Waals surface area (Å²) in [5, 5.41) is 8.52. The maximum Gasteiger partial charge on any atom is 0.289 e. The van der Waals surface area contributed by atoms with Gasteiger partial charge < -0.3 is 9.73 Å². The van der Waals surface area contributed by atoms with Crippen molar-refractivity contribution in [2.24, 2.45) is 0 Å². The molecule has 0 atom stereocenters. The van der Waals surface area contributed by atoms with Crippen LogP contribution in [-0.4, -0.2) is 14.8 Å². The van der Waals surface area contributed by atoms with Crippen LogP contribution in [0, 0.1) is 10.7 Å². The molecule has 2 aromatic carbocycles. The van der Waals surface area contributed by atoms with Gasteiger partial charge in [-0.1, -0.05) is 24.3 Å². The van der Waals surface area contributed by atoms with Crippen molar-refractivity contribution in [3.63, 3.8) is 0 Å². The largest absolute Gasteiger partial charge is 0.408 e. The molecule has 0 amide bonds. The van der Waals surface area contributed by atoms with Crippen molar-refractivity contribution in [2.75, 3.05) is 5.32 Å². The lowest BCUT2D eigenvalue weighted by Crippen LogP contribution is -2.09. The number of benzene rings is 2. The van der Waals surface area contributed by atoms with Crippen molar-refractivity contribution in [1.29, 1.82) is 0 Å². The molecule has 0 radical (unpaired) electrons. The van der Waals surface area contributed by atoms with Gasteiger partial charge in [-0.2, -0.15) is 0 Å². The molecule has 0 aliphatic carbocycles. The molecule has 7 heteroatoms. The van der Waals surface area contributed by atoms with E-state index < -0.39 is 0 Å². The van der Waals surface area contributed by atoms with Crippen molar-refractivity contribution < 1.29 is 8.81 Å². The molecule has 2 aromatic heterocycles. The number of pyridine rings is 1. The highest BCUT2D eigenvalue weighted by Crippen LogP contribution is 2.20. The van der Waals surface area contributed by atoms with E-state index in [0.29, 0.717) is 18.3 Å². The van der Waals surface area contributed by atoms with Gasteiger partial charge in [0.1, 0.15) is 18.2 Å².